The third kappa shape index (κ3) is 3.35. The van der Waals surface area contributed by atoms with Gasteiger partial charge in [0.15, 0.2) is 0 Å². The van der Waals surface area contributed by atoms with Gasteiger partial charge < -0.3 is 5.32 Å². The van der Waals surface area contributed by atoms with Crippen molar-refractivity contribution in [2.24, 2.45) is 5.92 Å². The molecule has 1 aliphatic rings. The maximum absolute atomic E-state index is 12.3. The van der Waals surface area contributed by atoms with Crippen LogP contribution in [0.4, 0.5) is 0 Å². The van der Waals surface area contributed by atoms with E-state index in [1.165, 1.54) is 15.6 Å². The molecule has 3 heteroatoms. The van der Waals surface area contributed by atoms with Crippen molar-refractivity contribution < 1.29 is 4.79 Å². The number of hydrogen-bond donors (Lipinski definition) is 1. The van der Waals surface area contributed by atoms with Crippen LogP contribution in [0.5, 0.6) is 0 Å². The third-order valence-corrected chi connectivity index (χ3v) is 5.13. The highest BCUT2D eigenvalue weighted by atomic mass is 32.1. The van der Waals surface area contributed by atoms with Gasteiger partial charge in [-0.3, -0.25) is 4.79 Å². The average Bonchev–Trinajstić information content (AvgIpc) is 2.91. The van der Waals surface area contributed by atoms with E-state index >= 15 is 0 Å². The second kappa shape index (κ2) is 6.44. The van der Waals surface area contributed by atoms with Crippen molar-refractivity contribution in [3.8, 4) is 0 Å². The maximum atomic E-state index is 12.3. The fraction of sp³-hybridized carbons (Fsp3) is 0.389. The van der Waals surface area contributed by atoms with Crippen molar-refractivity contribution in [1.29, 1.82) is 0 Å². The van der Waals surface area contributed by atoms with Crippen molar-refractivity contribution in [2.45, 2.75) is 38.6 Å². The van der Waals surface area contributed by atoms with E-state index in [1.54, 1.807) is 11.3 Å². The van der Waals surface area contributed by atoms with Crippen LogP contribution in [0.3, 0.4) is 0 Å². The van der Waals surface area contributed by atoms with Crippen molar-refractivity contribution in [3.05, 3.63) is 47.4 Å². The molecule has 1 aromatic carbocycles. The second-order valence-corrected chi connectivity index (χ2v) is 6.76. The normalized spacial score (nSPS) is 19.6. The molecule has 21 heavy (non-hydrogen) atoms. The van der Waals surface area contributed by atoms with Crippen molar-refractivity contribution in [1.82, 2.24) is 5.32 Å². The number of hydrogen-bond acceptors (Lipinski definition) is 2. The first kappa shape index (κ1) is 14.3. The molecule has 0 bridgehead atoms. The molecule has 2 atom stereocenters. The molecule has 1 aromatic heterocycles. The molecule has 0 saturated carbocycles. The largest absolute Gasteiger partial charge is 0.353 e. The minimum absolute atomic E-state index is 0.164. The van der Waals surface area contributed by atoms with Gasteiger partial charge >= 0.3 is 0 Å². The molecule has 110 valence electrons. The highest BCUT2D eigenvalue weighted by Gasteiger charge is 2.20. The number of benzene rings is 1. The molecule has 3 rings (SSSR count). The fourth-order valence-electron chi connectivity index (χ4n) is 2.96. The Morgan fingerprint density at radius 1 is 1.38 bits per heavy atom. The smallest absolute Gasteiger partial charge is 0.223 e. The summed E-state index contributed by atoms with van der Waals surface area (Å²) in [6, 6.07) is 8.66. The van der Waals surface area contributed by atoms with E-state index in [2.05, 4.69) is 54.0 Å². The van der Waals surface area contributed by atoms with Gasteiger partial charge in [-0.15, -0.1) is 11.3 Å². The minimum atomic E-state index is 0.164. The Morgan fingerprint density at radius 2 is 2.24 bits per heavy atom. The Hall–Kier alpha value is -1.61. The molecule has 1 heterocycles. The third-order valence-electron chi connectivity index (χ3n) is 4.12. The monoisotopic (exact) mass is 299 g/mol. The van der Waals surface area contributed by atoms with Gasteiger partial charge in [-0.2, -0.15) is 0 Å². The number of thiophene rings is 1. The molecule has 0 spiro atoms. The van der Waals surface area contributed by atoms with Crippen LogP contribution in [-0.4, -0.2) is 11.9 Å². The highest BCUT2D eigenvalue weighted by molar-refractivity contribution is 7.17. The molecule has 0 aliphatic heterocycles. The second-order valence-electron chi connectivity index (χ2n) is 5.85. The lowest BCUT2D eigenvalue weighted by Crippen LogP contribution is -2.38. The Balaban J connectivity index is 1.62. The number of carbonyl (C=O) groups is 1. The van der Waals surface area contributed by atoms with Gasteiger partial charge in [0.25, 0.3) is 0 Å². The topological polar surface area (TPSA) is 29.1 Å². The van der Waals surface area contributed by atoms with Crippen molar-refractivity contribution in [2.75, 3.05) is 0 Å². The number of amides is 1. The summed E-state index contributed by atoms with van der Waals surface area (Å²) in [4.78, 5) is 12.3. The molecule has 0 unspecified atom stereocenters. The summed E-state index contributed by atoms with van der Waals surface area (Å²) in [7, 11) is 0. The number of allylic oxidation sites excluding steroid dienone is 2. The molecular weight excluding hydrogens is 278 g/mol. The molecule has 0 radical (unpaired) electrons. The van der Waals surface area contributed by atoms with E-state index in [4.69, 9.17) is 0 Å². The van der Waals surface area contributed by atoms with Gasteiger partial charge in [0.05, 0.1) is 0 Å². The van der Waals surface area contributed by atoms with Crippen LogP contribution in [0.15, 0.2) is 41.8 Å². The molecule has 2 nitrogen and oxygen atoms in total. The summed E-state index contributed by atoms with van der Waals surface area (Å²) >= 11 is 1.78. The van der Waals surface area contributed by atoms with E-state index in [0.29, 0.717) is 0 Å². The van der Waals surface area contributed by atoms with Gasteiger partial charge in [0.1, 0.15) is 0 Å². The van der Waals surface area contributed by atoms with Crippen LogP contribution in [0.1, 0.15) is 31.7 Å². The zero-order valence-corrected chi connectivity index (χ0v) is 13.2. The Kier molecular flexibility index (Phi) is 4.39. The molecule has 1 aliphatic carbocycles. The first-order valence-electron chi connectivity index (χ1n) is 7.64. The molecular formula is C18H21NOS. The highest BCUT2D eigenvalue weighted by Crippen LogP contribution is 2.26. The summed E-state index contributed by atoms with van der Waals surface area (Å²) in [5, 5.41) is 6.73. The van der Waals surface area contributed by atoms with E-state index in [1.807, 2.05) is 0 Å². The summed E-state index contributed by atoms with van der Waals surface area (Å²) in [5.74, 6) is 0.378. The van der Waals surface area contributed by atoms with Crippen LogP contribution < -0.4 is 5.32 Å². The van der Waals surface area contributed by atoms with Crippen molar-refractivity contribution >= 4 is 27.3 Å². The Labute approximate surface area is 129 Å². The number of rotatable bonds is 4. The van der Waals surface area contributed by atoms with E-state index in [0.717, 1.165) is 25.7 Å². The lowest BCUT2D eigenvalue weighted by atomic mass is 9.93. The number of carbonyl (C=O) groups excluding carboxylic acids is 1. The zero-order chi connectivity index (χ0) is 14.7. The van der Waals surface area contributed by atoms with Gasteiger partial charge in [-0.1, -0.05) is 30.4 Å². The molecule has 2 aromatic rings. The van der Waals surface area contributed by atoms with Crippen molar-refractivity contribution in [3.63, 3.8) is 0 Å². The van der Waals surface area contributed by atoms with Crippen LogP contribution in [-0.2, 0) is 11.2 Å². The summed E-state index contributed by atoms with van der Waals surface area (Å²) in [6.45, 7) is 2.10. The molecule has 1 amide bonds. The number of fused-ring (bicyclic) bond motifs is 1. The first-order chi connectivity index (χ1) is 10.2. The zero-order valence-electron chi connectivity index (χ0n) is 12.3. The van der Waals surface area contributed by atoms with Gasteiger partial charge in [0, 0.05) is 16.7 Å². The standard InChI is InChI=1S/C18H21NOS/c1-13(19-18(20)14-7-3-2-4-8-14)11-15-12-21-17-10-6-5-9-16(15)17/h2-3,5-6,9-10,12-14H,4,7-8,11H2,1H3,(H,19,20)/t13-,14-/m0/s1. The molecule has 1 N–H and O–H groups in total. The van der Waals surface area contributed by atoms with Crippen LogP contribution in [0.2, 0.25) is 0 Å². The summed E-state index contributed by atoms with van der Waals surface area (Å²) < 4.78 is 1.32. The van der Waals surface area contributed by atoms with E-state index < -0.39 is 0 Å². The quantitative estimate of drug-likeness (QED) is 0.838. The summed E-state index contributed by atoms with van der Waals surface area (Å²) in [6.07, 6.45) is 8.10. The van der Waals surface area contributed by atoms with Crippen LogP contribution in [0, 0.1) is 5.92 Å². The maximum Gasteiger partial charge on any atom is 0.223 e. The average molecular weight is 299 g/mol. The predicted octanol–water partition coefficient (Wildman–Crippen LogP) is 4.30. The molecule has 0 saturated heterocycles. The number of nitrogens with one attached hydrogen (secondary N) is 1. The SMILES string of the molecule is C[C@@H](Cc1csc2ccccc12)NC(=O)[C@H]1CC=CCC1. The van der Waals surface area contributed by atoms with Gasteiger partial charge in [-0.25, -0.2) is 0 Å². The van der Waals surface area contributed by atoms with Gasteiger partial charge in [0.2, 0.25) is 5.91 Å². The lowest BCUT2D eigenvalue weighted by Gasteiger charge is -2.20. The predicted molar refractivity (Wildman–Crippen MR) is 89.6 cm³/mol. The minimum Gasteiger partial charge on any atom is -0.353 e. The van der Waals surface area contributed by atoms with E-state index in [-0.39, 0.29) is 17.9 Å². The van der Waals surface area contributed by atoms with Crippen LogP contribution in [0.25, 0.3) is 10.1 Å². The Bertz CT molecular complexity index is 658. The van der Waals surface area contributed by atoms with Gasteiger partial charge in [-0.05, 0) is 55.0 Å². The fourth-order valence-corrected chi connectivity index (χ4v) is 3.94. The first-order valence-corrected chi connectivity index (χ1v) is 8.52. The molecule has 0 fully saturated rings. The lowest BCUT2D eigenvalue weighted by molar-refractivity contribution is -0.125. The van der Waals surface area contributed by atoms with Crippen LogP contribution >= 0.6 is 11.3 Å². The Morgan fingerprint density at radius 3 is 3.05 bits per heavy atom. The summed E-state index contributed by atoms with van der Waals surface area (Å²) in [5.41, 5.74) is 1.34. The van der Waals surface area contributed by atoms with E-state index in [9.17, 15) is 4.79 Å².